The van der Waals surface area contributed by atoms with Crippen LogP contribution in [0.3, 0.4) is 0 Å². The van der Waals surface area contributed by atoms with Crippen LogP contribution in [0.4, 0.5) is 5.82 Å². The van der Waals surface area contributed by atoms with Crippen LogP contribution in [0, 0.1) is 6.92 Å². The summed E-state index contributed by atoms with van der Waals surface area (Å²) < 4.78 is 16.5. The molecule has 3 heterocycles. The van der Waals surface area contributed by atoms with Gasteiger partial charge in [-0.05, 0) is 6.92 Å². The number of hydrogen-bond donors (Lipinski definition) is 0. The Morgan fingerprint density at radius 1 is 1.05 bits per heavy atom. The highest BCUT2D eigenvalue weighted by Crippen LogP contribution is 2.17. The Morgan fingerprint density at radius 3 is 2.45 bits per heavy atom. The van der Waals surface area contributed by atoms with Crippen molar-refractivity contribution in [2.45, 2.75) is 6.92 Å². The zero-order valence-corrected chi connectivity index (χ0v) is 13.2. The Labute approximate surface area is 131 Å². The van der Waals surface area contributed by atoms with Gasteiger partial charge in [0.1, 0.15) is 12.4 Å². The summed E-state index contributed by atoms with van der Waals surface area (Å²) in [6.07, 6.45) is 0. The first-order chi connectivity index (χ1) is 10.8. The zero-order valence-electron chi connectivity index (χ0n) is 13.2. The van der Waals surface area contributed by atoms with Crippen molar-refractivity contribution in [3.8, 4) is 6.01 Å². The number of hydrogen-bond acceptors (Lipinski definition) is 7. The van der Waals surface area contributed by atoms with Crippen LogP contribution in [0.25, 0.3) is 0 Å². The van der Waals surface area contributed by atoms with Gasteiger partial charge in [0.25, 0.3) is 0 Å². The molecule has 0 bridgehead atoms. The van der Waals surface area contributed by atoms with Crippen LogP contribution in [0.15, 0.2) is 6.07 Å². The lowest BCUT2D eigenvalue weighted by atomic mass is 10.3. The van der Waals surface area contributed by atoms with Gasteiger partial charge in [-0.1, -0.05) is 0 Å². The van der Waals surface area contributed by atoms with Crippen LogP contribution in [0.1, 0.15) is 5.69 Å². The molecule has 1 aromatic rings. The average Bonchev–Trinajstić information content (AvgIpc) is 2.56. The molecule has 3 rings (SSSR count). The molecule has 2 fully saturated rings. The highest BCUT2D eigenvalue weighted by atomic mass is 16.5. The molecule has 0 N–H and O–H groups in total. The molecule has 0 unspecified atom stereocenters. The Morgan fingerprint density at radius 2 is 1.73 bits per heavy atom. The fourth-order valence-electron chi connectivity index (χ4n) is 2.64. The molecule has 0 aliphatic carbocycles. The molecule has 0 saturated carbocycles. The Bertz CT molecular complexity index is 474. The summed E-state index contributed by atoms with van der Waals surface area (Å²) in [7, 11) is 0. The van der Waals surface area contributed by atoms with E-state index in [1.165, 1.54) is 0 Å². The third kappa shape index (κ3) is 4.28. The van der Waals surface area contributed by atoms with Crippen LogP contribution in [0.2, 0.25) is 0 Å². The van der Waals surface area contributed by atoms with Gasteiger partial charge >= 0.3 is 6.01 Å². The highest BCUT2D eigenvalue weighted by Gasteiger charge is 2.15. The first-order valence-corrected chi connectivity index (χ1v) is 7.92. The van der Waals surface area contributed by atoms with Crippen LogP contribution in [-0.4, -0.2) is 80.6 Å². The molecule has 22 heavy (non-hydrogen) atoms. The van der Waals surface area contributed by atoms with Crippen molar-refractivity contribution >= 4 is 5.82 Å². The van der Waals surface area contributed by atoms with E-state index in [1.807, 2.05) is 13.0 Å². The van der Waals surface area contributed by atoms with Crippen molar-refractivity contribution in [3.05, 3.63) is 11.8 Å². The first-order valence-electron chi connectivity index (χ1n) is 7.92. The lowest BCUT2D eigenvalue weighted by molar-refractivity contribution is 0.0317. The van der Waals surface area contributed by atoms with Gasteiger partial charge in [-0.3, -0.25) is 4.90 Å². The van der Waals surface area contributed by atoms with Crippen molar-refractivity contribution < 1.29 is 14.2 Å². The monoisotopic (exact) mass is 308 g/mol. The number of aromatic nitrogens is 2. The van der Waals surface area contributed by atoms with Gasteiger partial charge in [0.15, 0.2) is 0 Å². The van der Waals surface area contributed by atoms with E-state index in [4.69, 9.17) is 14.2 Å². The Hall–Kier alpha value is -1.44. The van der Waals surface area contributed by atoms with Crippen molar-refractivity contribution in [2.24, 2.45) is 0 Å². The van der Waals surface area contributed by atoms with E-state index in [-0.39, 0.29) is 0 Å². The van der Waals surface area contributed by atoms with E-state index in [0.717, 1.165) is 70.7 Å². The molecule has 7 heteroatoms. The van der Waals surface area contributed by atoms with Crippen molar-refractivity contribution in [2.75, 3.05) is 70.7 Å². The van der Waals surface area contributed by atoms with Crippen molar-refractivity contribution in [3.63, 3.8) is 0 Å². The van der Waals surface area contributed by atoms with E-state index < -0.39 is 0 Å². The predicted molar refractivity (Wildman–Crippen MR) is 82.6 cm³/mol. The van der Waals surface area contributed by atoms with Crippen LogP contribution < -0.4 is 9.64 Å². The molecular formula is C15H24N4O3. The summed E-state index contributed by atoms with van der Waals surface area (Å²) in [5.41, 5.74) is 0.929. The Kier molecular flexibility index (Phi) is 5.42. The second-order valence-electron chi connectivity index (χ2n) is 5.55. The third-order valence-corrected chi connectivity index (χ3v) is 3.90. The van der Waals surface area contributed by atoms with E-state index in [2.05, 4.69) is 19.8 Å². The maximum absolute atomic E-state index is 5.76. The van der Waals surface area contributed by atoms with Crippen molar-refractivity contribution in [1.82, 2.24) is 14.9 Å². The van der Waals surface area contributed by atoms with Gasteiger partial charge in [-0.2, -0.15) is 4.98 Å². The lowest BCUT2D eigenvalue weighted by Crippen LogP contribution is -2.39. The summed E-state index contributed by atoms with van der Waals surface area (Å²) in [6.45, 7) is 10.2. The quantitative estimate of drug-likeness (QED) is 0.777. The molecule has 1 aromatic heterocycles. The van der Waals surface area contributed by atoms with Crippen LogP contribution >= 0.6 is 0 Å². The fourth-order valence-corrected chi connectivity index (χ4v) is 2.64. The standard InChI is InChI=1S/C15H24N4O3/c1-13-12-14(19-5-9-21-10-6-19)17-15(16-13)22-11-4-18-2-7-20-8-3-18/h12H,2-11H2,1H3. The molecule has 2 aliphatic heterocycles. The molecule has 0 atom stereocenters. The summed E-state index contributed by atoms with van der Waals surface area (Å²) >= 11 is 0. The summed E-state index contributed by atoms with van der Waals surface area (Å²) in [5, 5.41) is 0. The number of rotatable bonds is 5. The minimum Gasteiger partial charge on any atom is -0.462 e. The highest BCUT2D eigenvalue weighted by molar-refractivity contribution is 5.40. The normalized spacial score (nSPS) is 20.1. The average molecular weight is 308 g/mol. The minimum atomic E-state index is 0.467. The van der Waals surface area contributed by atoms with Gasteiger partial charge in [0.05, 0.1) is 26.4 Å². The number of anilines is 1. The maximum Gasteiger partial charge on any atom is 0.318 e. The van der Waals surface area contributed by atoms with E-state index >= 15 is 0 Å². The first kappa shape index (κ1) is 15.5. The van der Waals surface area contributed by atoms with Crippen molar-refractivity contribution in [1.29, 1.82) is 0 Å². The summed E-state index contributed by atoms with van der Waals surface area (Å²) in [6, 6.07) is 2.47. The van der Waals surface area contributed by atoms with Gasteiger partial charge in [0, 0.05) is 44.5 Å². The smallest absolute Gasteiger partial charge is 0.318 e. The summed E-state index contributed by atoms with van der Waals surface area (Å²) in [5.74, 6) is 0.928. The van der Waals surface area contributed by atoms with Gasteiger partial charge in [-0.25, -0.2) is 4.98 Å². The van der Waals surface area contributed by atoms with E-state index in [0.29, 0.717) is 12.6 Å². The van der Waals surface area contributed by atoms with Crippen LogP contribution in [0.5, 0.6) is 6.01 Å². The zero-order chi connectivity index (χ0) is 15.2. The van der Waals surface area contributed by atoms with Gasteiger partial charge in [0.2, 0.25) is 0 Å². The van der Waals surface area contributed by atoms with Crippen LogP contribution in [-0.2, 0) is 9.47 Å². The molecule has 2 aliphatic rings. The molecule has 2 saturated heterocycles. The predicted octanol–water partition coefficient (Wildman–Crippen LogP) is 0.333. The minimum absolute atomic E-state index is 0.467. The molecule has 7 nitrogen and oxygen atoms in total. The SMILES string of the molecule is Cc1cc(N2CCOCC2)nc(OCCN2CCOCC2)n1. The molecule has 122 valence electrons. The molecule has 0 amide bonds. The molecule has 0 spiro atoms. The van der Waals surface area contributed by atoms with E-state index in [9.17, 15) is 0 Å². The maximum atomic E-state index is 5.76. The second kappa shape index (κ2) is 7.71. The number of nitrogens with zero attached hydrogens (tertiary/aromatic N) is 4. The topological polar surface area (TPSA) is 60.0 Å². The number of ether oxygens (including phenoxy) is 3. The van der Waals surface area contributed by atoms with E-state index in [1.54, 1.807) is 0 Å². The number of aryl methyl sites for hydroxylation is 1. The summed E-state index contributed by atoms with van der Waals surface area (Å²) in [4.78, 5) is 13.5. The molecular weight excluding hydrogens is 284 g/mol. The third-order valence-electron chi connectivity index (χ3n) is 3.90. The largest absolute Gasteiger partial charge is 0.462 e. The van der Waals surface area contributed by atoms with Gasteiger partial charge in [-0.15, -0.1) is 0 Å². The fraction of sp³-hybridized carbons (Fsp3) is 0.733. The lowest BCUT2D eigenvalue weighted by Gasteiger charge is -2.28. The molecule has 0 radical (unpaired) electrons. The van der Waals surface area contributed by atoms with Gasteiger partial charge < -0.3 is 19.1 Å². The number of morpholine rings is 2. The molecule has 0 aromatic carbocycles. The Balaban J connectivity index is 1.54. The second-order valence-corrected chi connectivity index (χ2v) is 5.55.